The molecule has 0 aliphatic carbocycles. The summed E-state index contributed by atoms with van der Waals surface area (Å²) in [5.41, 5.74) is 0. The van der Waals surface area contributed by atoms with Crippen LogP contribution in [0.1, 0.15) is 20.8 Å². The van der Waals surface area contributed by atoms with Gasteiger partial charge >= 0.3 is 5.97 Å². The summed E-state index contributed by atoms with van der Waals surface area (Å²) in [6.07, 6.45) is -0.997. The van der Waals surface area contributed by atoms with Gasteiger partial charge in [-0.2, -0.15) is 0 Å². The molecule has 0 aliphatic rings. The molecule has 2 unspecified atom stereocenters. The topological polar surface area (TPSA) is 44.8 Å². The van der Waals surface area contributed by atoms with Gasteiger partial charge in [-0.1, -0.05) is 15.9 Å². The number of alkyl halides is 1. The van der Waals surface area contributed by atoms with Crippen LogP contribution < -0.4 is 0 Å². The van der Waals surface area contributed by atoms with Gasteiger partial charge < -0.3 is 14.2 Å². The lowest BCUT2D eigenvalue weighted by atomic mass is 10.4. The predicted octanol–water partition coefficient (Wildman–Crippen LogP) is 1.71. The Balaban J connectivity index is 3.94. The maximum absolute atomic E-state index is 11.3. The van der Waals surface area contributed by atoms with Gasteiger partial charge in [0.1, 0.15) is 0 Å². The van der Waals surface area contributed by atoms with Crippen molar-refractivity contribution in [1.82, 2.24) is 0 Å². The van der Waals surface area contributed by atoms with Crippen LogP contribution >= 0.6 is 15.9 Å². The Morgan fingerprint density at radius 2 is 2.00 bits per heavy atom. The van der Waals surface area contributed by atoms with Gasteiger partial charge in [0, 0.05) is 11.9 Å². The summed E-state index contributed by atoms with van der Waals surface area (Å²) in [4.78, 5) is 11.3. The fraction of sp³-hybridized carbons (Fsp3) is 0.889. The summed E-state index contributed by atoms with van der Waals surface area (Å²) in [6, 6.07) is 0. The molecule has 0 amide bonds. The van der Waals surface area contributed by atoms with Gasteiger partial charge in [-0.05, 0) is 20.8 Å². The van der Waals surface area contributed by atoms with E-state index in [2.05, 4.69) is 15.9 Å². The van der Waals surface area contributed by atoms with Crippen molar-refractivity contribution in [3.8, 4) is 0 Å². The number of esters is 1. The Morgan fingerprint density at radius 1 is 1.36 bits per heavy atom. The average molecular weight is 269 g/mol. The first-order valence-electron chi connectivity index (χ1n) is 4.65. The van der Waals surface area contributed by atoms with Crippen LogP contribution in [0.5, 0.6) is 0 Å². The number of carbonyl (C=O) groups excluding carboxylic acids is 1. The Morgan fingerprint density at radius 3 is 2.43 bits per heavy atom. The Hall–Kier alpha value is -0.130. The van der Waals surface area contributed by atoms with E-state index >= 15 is 0 Å². The van der Waals surface area contributed by atoms with Gasteiger partial charge in [0.05, 0.1) is 6.61 Å². The van der Waals surface area contributed by atoms with Crippen molar-refractivity contribution >= 4 is 21.9 Å². The van der Waals surface area contributed by atoms with E-state index in [0.29, 0.717) is 18.5 Å². The third-order valence-corrected chi connectivity index (χ3v) is 2.03. The van der Waals surface area contributed by atoms with E-state index in [9.17, 15) is 4.79 Å². The number of hydrogen-bond acceptors (Lipinski definition) is 4. The van der Waals surface area contributed by atoms with Crippen molar-refractivity contribution in [1.29, 1.82) is 0 Å². The van der Waals surface area contributed by atoms with Crippen molar-refractivity contribution < 1.29 is 19.0 Å². The fourth-order valence-electron chi connectivity index (χ4n) is 0.895. The summed E-state index contributed by atoms with van der Waals surface area (Å²) in [6.45, 7) is 6.29. The minimum Gasteiger partial charge on any atom is -0.464 e. The molecular formula is C9H17BrO4. The molecule has 0 spiro atoms. The maximum atomic E-state index is 11.3. The quantitative estimate of drug-likeness (QED) is 0.401. The van der Waals surface area contributed by atoms with E-state index in [0.717, 1.165) is 0 Å². The highest BCUT2D eigenvalue weighted by Gasteiger charge is 2.21. The minimum atomic E-state index is -0.600. The molecule has 5 heteroatoms. The van der Waals surface area contributed by atoms with Crippen LogP contribution in [0.2, 0.25) is 0 Å². The Bertz CT molecular complexity index is 163. The zero-order valence-corrected chi connectivity index (χ0v) is 10.4. The molecule has 0 aromatic rings. The highest BCUT2D eigenvalue weighted by molar-refractivity contribution is 9.09. The fourth-order valence-corrected chi connectivity index (χ4v) is 1.31. The van der Waals surface area contributed by atoms with E-state index in [1.165, 1.54) is 0 Å². The number of halogens is 1. The summed E-state index contributed by atoms with van der Waals surface area (Å²) < 4.78 is 15.3. The zero-order valence-electron chi connectivity index (χ0n) is 8.79. The molecule has 0 aromatic carbocycles. The van der Waals surface area contributed by atoms with Crippen LogP contribution in [-0.2, 0) is 19.0 Å². The van der Waals surface area contributed by atoms with Crippen molar-refractivity contribution in [2.45, 2.75) is 33.2 Å². The molecule has 4 nitrogen and oxygen atoms in total. The molecule has 0 fully saturated rings. The van der Waals surface area contributed by atoms with Crippen LogP contribution in [0.3, 0.4) is 0 Å². The van der Waals surface area contributed by atoms with E-state index < -0.39 is 12.4 Å². The van der Waals surface area contributed by atoms with Crippen molar-refractivity contribution in [2.24, 2.45) is 0 Å². The number of rotatable bonds is 7. The summed E-state index contributed by atoms with van der Waals surface area (Å²) in [5.74, 6) is -0.365. The van der Waals surface area contributed by atoms with Crippen molar-refractivity contribution in [3.63, 3.8) is 0 Å². The van der Waals surface area contributed by atoms with Crippen LogP contribution in [0.25, 0.3) is 0 Å². The van der Waals surface area contributed by atoms with Gasteiger partial charge in [0.15, 0.2) is 12.4 Å². The van der Waals surface area contributed by atoms with Gasteiger partial charge in [-0.15, -0.1) is 0 Å². The summed E-state index contributed by atoms with van der Waals surface area (Å²) in [5, 5.41) is 0.406. The molecule has 0 bridgehead atoms. The third kappa shape index (κ3) is 5.57. The largest absolute Gasteiger partial charge is 0.464 e. The molecule has 0 saturated heterocycles. The highest BCUT2D eigenvalue weighted by Crippen LogP contribution is 2.05. The molecule has 0 rings (SSSR count). The van der Waals surface area contributed by atoms with Gasteiger partial charge in [-0.3, -0.25) is 0 Å². The molecule has 0 saturated carbocycles. The van der Waals surface area contributed by atoms with Gasteiger partial charge in [0.25, 0.3) is 0 Å². The van der Waals surface area contributed by atoms with Crippen LogP contribution in [0, 0.1) is 0 Å². The smallest absolute Gasteiger partial charge is 0.336 e. The van der Waals surface area contributed by atoms with Crippen LogP contribution in [0.15, 0.2) is 0 Å². The second-order valence-electron chi connectivity index (χ2n) is 2.55. The molecule has 0 aliphatic heterocycles. The minimum absolute atomic E-state index is 0.356. The Labute approximate surface area is 93.0 Å². The number of carbonyl (C=O) groups is 1. The maximum Gasteiger partial charge on any atom is 0.336 e. The van der Waals surface area contributed by atoms with E-state index in [-0.39, 0.29) is 5.97 Å². The van der Waals surface area contributed by atoms with Crippen LogP contribution in [0.4, 0.5) is 0 Å². The molecule has 0 N–H and O–H groups in total. The first-order valence-corrected chi connectivity index (χ1v) is 5.77. The third-order valence-electron chi connectivity index (χ3n) is 1.45. The molecule has 2 atom stereocenters. The average Bonchev–Trinajstić information content (AvgIpc) is 2.15. The normalized spacial score (nSPS) is 14.9. The SMILES string of the molecule is CCOC(=O)C(CBr)OC(C)OCC. The van der Waals surface area contributed by atoms with Crippen LogP contribution in [-0.4, -0.2) is 36.9 Å². The predicted molar refractivity (Wildman–Crippen MR) is 56.4 cm³/mol. The van der Waals surface area contributed by atoms with E-state index in [1.807, 2.05) is 6.92 Å². The first-order chi connectivity index (χ1) is 6.65. The van der Waals surface area contributed by atoms with Gasteiger partial charge in [-0.25, -0.2) is 4.79 Å². The highest BCUT2D eigenvalue weighted by atomic mass is 79.9. The number of ether oxygens (including phenoxy) is 3. The molecule has 0 heterocycles. The monoisotopic (exact) mass is 268 g/mol. The van der Waals surface area contributed by atoms with Crippen molar-refractivity contribution in [2.75, 3.05) is 18.5 Å². The first kappa shape index (κ1) is 13.9. The standard InChI is InChI=1S/C9H17BrO4/c1-4-12-7(3)14-8(6-10)9(11)13-5-2/h7-8H,4-6H2,1-3H3. The Kier molecular flexibility index (Phi) is 8.12. The lowest BCUT2D eigenvalue weighted by Gasteiger charge is -2.18. The summed E-state index contributed by atoms with van der Waals surface area (Å²) >= 11 is 3.18. The molecular weight excluding hydrogens is 252 g/mol. The lowest BCUT2D eigenvalue weighted by Crippen LogP contribution is -2.32. The van der Waals surface area contributed by atoms with Crippen molar-refractivity contribution in [3.05, 3.63) is 0 Å². The summed E-state index contributed by atoms with van der Waals surface area (Å²) in [7, 11) is 0. The van der Waals surface area contributed by atoms with Gasteiger partial charge in [0.2, 0.25) is 0 Å². The van der Waals surface area contributed by atoms with E-state index in [4.69, 9.17) is 14.2 Å². The molecule has 0 radical (unpaired) electrons. The molecule has 84 valence electrons. The zero-order chi connectivity index (χ0) is 11.0. The van der Waals surface area contributed by atoms with E-state index in [1.54, 1.807) is 13.8 Å². The second kappa shape index (κ2) is 8.20. The number of hydrogen-bond donors (Lipinski definition) is 0. The molecule has 0 aromatic heterocycles. The lowest BCUT2D eigenvalue weighted by molar-refractivity contribution is -0.183. The molecule has 14 heavy (non-hydrogen) atoms. The second-order valence-corrected chi connectivity index (χ2v) is 3.20.